The molecular formula is C23H26N2O2. The number of H-pyrrole nitrogens is 1. The van der Waals surface area contributed by atoms with Crippen molar-refractivity contribution in [1.29, 1.82) is 0 Å². The van der Waals surface area contributed by atoms with Crippen LogP contribution in [0, 0.1) is 6.92 Å². The first kappa shape index (κ1) is 17.8. The first-order valence-corrected chi connectivity index (χ1v) is 9.66. The van der Waals surface area contributed by atoms with Gasteiger partial charge in [-0.1, -0.05) is 36.4 Å². The molecule has 0 bridgehead atoms. The van der Waals surface area contributed by atoms with Gasteiger partial charge in [-0.2, -0.15) is 0 Å². The van der Waals surface area contributed by atoms with Crippen molar-refractivity contribution in [3.8, 4) is 0 Å². The molecule has 27 heavy (non-hydrogen) atoms. The highest BCUT2D eigenvalue weighted by molar-refractivity contribution is 6.01. The van der Waals surface area contributed by atoms with Crippen LogP contribution in [-0.4, -0.2) is 35.0 Å². The molecule has 1 N–H and O–H groups in total. The van der Waals surface area contributed by atoms with E-state index in [0.717, 1.165) is 28.8 Å². The molecule has 0 saturated carbocycles. The van der Waals surface area contributed by atoms with Gasteiger partial charge in [0.25, 0.3) is 5.91 Å². The molecule has 1 aromatic heterocycles. The van der Waals surface area contributed by atoms with E-state index in [-0.39, 0.29) is 18.1 Å². The third kappa shape index (κ3) is 3.15. The Morgan fingerprint density at radius 2 is 1.85 bits per heavy atom. The summed E-state index contributed by atoms with van der Waals surface area (Å²) < 4.78 is 5.69. The lowest BCUT2D eigenvalue weighted by Gasteiger charge is -2.26. The van der Waals surface area contributed by atoms with Gasteiger partial charge in [-0.25, -0.2) is 0 Å². The molecule has 0 spiro atoms. The van der Waals surface area contributed by atoms with Crippen LogP contribution in [0.3, 0.4) is 0 Å². The molecule has 4 rings (SSSR count). The van der Waals surface area contributed by atoms with Crippen molar-refractivity contribution in [1.82, 2.24) is 9.88 Å². The number of carbonyl (C=O) groups is 1. The predicted octanol–water partition coefficient (Wildman–Crippen LogP) is 4.84. The van der Waals surface area contributed by atoms with Gasteiger partial charge in [0.1, 0.15) is 0 Å². The molecular weight excluding hydrogens is 336 g/mol. The van der Waals surface area contributed by atoms with Crippen molar-refractivity contribution >= 4 is 16.8 Å². The highest BCUT2D eigenvalue weighted by Gasteiger charge is 2.38. The van der Waals surface area contributed by atoms with E-state index in [4.69, 9.17) is 4.74 Å². The van der Waals surface area contributed by atoms with Crippen LogP contribution in [0.5, 0.6) is 0 Å². The number of nitrogens with zero attached hydrogens (tertiary/aromatic N) is 1. The van der Waals surface area contributed by atoms with Gasteiger partial charge in [0.2, 0.25) is 0 Å². The Morgan fingerprint density at radius 3 is 2.67 bits per heavy atom. The molecule has 2 aromatic carbocycles. The standard InChI is InChI=1S/C23H26N2O2/c1-15(2)27-14-8-13-25-22(17-9-4-5-10-18(17)23(25)26)21-16(3)24-20-12-7-6-11-19(20)21/h4-7,9-12,15,22,24H,8,13-14H2,1-3H3/t22-/m0/s1. The average Bonchev–Trinajstić information content (AvgIpc) is 3.12. The number of hydrogen-bond acceptors (Lipinski definition) is 2. The van der Waals surface area contributed by atoms with E-state index >= 15 is 0 Å². The number of fused-ring (bicyclic) bond motifs is 2. The number of amides is 1. The maximum Gasteiger partial charge on any atom is 0.255 e. The van der Waals surface area contributed by atoms with Crippen LogP contribution in [0.15, 0.2) is 48.5 Å². The third-order valence-electron chi connectivity index (χ3n) is 5.27. The fourth-order valence-corrected chi connectivity index (χ4v) is 4.12. The number of aromatic nitrogens is 1. The Kier molecular flexibility index (Phi) is 4.75. The van der Waals surface area contributed by atoms with Crippen molar-refractivity contribution < 1.29 is 9.53 Å². The summed E-state index contributed by atoms with van der Waals surface area (Å²) in [6.07, 6.45) is 1.04. The van der Waals surface area contributed by atoms with Gasteiger partial charge in [0.15, 0.2) is 0 Å². The summed E-state index contributed by atoms with van der Waals surface area (Å²) in [7, 11) is 0. The van der Waals surface area contributed by atoms with Crippen LogP contribution in [0.4, 0.5) is 0 Å². The van der Waals surface area contributed by atoms with Gasteiger partial charge >= 0.3 is 0 Å². The molecule has 4 nitrogen and oxygen atoms in total. The Morgan fingerprint density at radius 1 is 1.11 bits per heavy atom. The number of rotatable bonds is 6. The van der Waals surface area contributed by atoms with E-state index in [1.165, 1.54) is 10.9 Å². The quantitative estimate of drug-likeness (QED) is 0.638. The summed E-state index contributed by atoms with van der Waals surface area (Å²) in [5.41, 5.74) is 5.35. The van der Waals surface area contributed by atoms with E-state index in [1.54, 1.807) is 0 Å². The molecule has 1 atom stereocenters. The minimum absolute atomic E-state index is 0.0519. The first-order chi connectivity index (χ1) is 13.1. The third-order valence-corrected chi connectivity index (χ3v) is 5.27. The molecule has 3 aromatic rings. The summed E-state index contributed by atoms with van der Waals surface area (Å²) >= 11 is 0. The second-order valence-electron chi connectivity index (χ2n) is 7.47. The largest absolute Gasteiger partial charge is 0.379 e. The maximum atomic E-state index is 13.2. The van der Waals surface area contributed by atoms with Crippen LogP contribution < -0.4 is 0 Å². The SMILES string of the molecule is Cc1[nH]c2ccccc2c1[C@@H]1c2ccccc2C(=O)N1CCCOC(C)C. The molecule has 0 radical (unpaired) electrons. The smallest absolute Gasteiger partial charge is 0.255 e. The van der Waals surface area contributed by atoms with Crippen molar-refractivity contribution in [3.63, 3.8) is 0 Å². The molecule has 4 heteroatoms. The van der Waals surface area contributed by atoms with E-state index in [1.807, 2.05) is 43.0 Å². The number of carbonyl (C=O) groups excluding carboxylic acids is 1. The highest BCUT2D eigenvalue weighted by Crippen LogP contribution is 2.42. The van der Waals surface area contributed by atoms with E-state index < -0.39 is 0 Å². The molecule has 140 valence electrons. The van der Waals surface area contributed by atoms with E-state index in [2.05, 4.69) is 36.2 Å². The van der Waals surface area contributed by atoms with Gasteiger partial charge < -0.3 is 14.6 Å². The van der Waals surface area contributed by atoms with Gasteiger partial charge in [-0.15, -0.1) is 0 Å². The first-order valence-electron chi connectivity index (χ1n) is 9.66. The van der Waals surface area contributed by atoms with E-state index in [9.17, 15) is 4.79 Å². The summed E-state index contributed by atoms with van der Waals surface area (Å²) in [5.74, 6) is 0.116. The normalized spacial score (nSPS) is 16.5. The number of hydrogen-bond donors (Lipinski definition) is 1. The van der Waals surface area contributed by atoms with Crippen LogP contribution in [0.25, 0.3) is 10.9 Å². The second-order valence-corrected chi connectivity index (χ2v) is 7.47. The minimum Gasteiger partial charge on any atom is -0.379 e. The number of para-hydroxylation sites is 1. The molecule has 1 aliphatic rings. The monoisotopic (exact) mass is 362 g/mol. The zero-order valence-electron chi connectivity index (χ0n) is 16.2. The Hall–Kier alpha value is -2.59. The fourth-order valence-electron chi connectivity index (χ4n) is 4.12. The van der Waals surface area contributed by atoms with Crippen LogP contribution >= 0.6 is 0 Å². The van der Waals surface area contributed by atoms with Gasteiger partial charge in [-0.3, -0.25) is 4.79 Å². The van der Waals surface area contributed by atoms with Crippen molar-refractivity contribution in [2.24, 2.45) is 0 Å². The number of benzene rings is 2. The van der Waals surface area contributed by atoms with E-state index in [0.29, 0.717) is 13.2 Å². The predicted molar refractivity (Wildman–Crippen MR) is 108 cm³/mol. The average molecular weight is 362 g/mol. The van der Waals surface area contributed by atoms with Crippen molar-refractivity contribution in [2.45, 2.75) is 39.3 Å². The summed E-state index contributed by atoms with van der Waals surface area (Å²) in [6, 6.07) is 16.3. The van der Waals surface area contributed by atoms with Crippen LogP contribution in [0.1, 0.15) is 53.5 Å². The fraction of sp³-hybridized carbons (Fsp3) is 0.348. The molecule has 0 aliphatic carbocycles. The molecule has 2 heterocycles. The Labute approximate surface area is 160 Å². The Bertz CT molecular complexity index is 973. The van der Waals surface area contributed by atoms with Gasteiger partial charge in [0, 0.05) is 40.9 Å². The molecule has 1 aliphatic heterocycles. The number of ether oxygens (including phenoxy) is 1. The lowest BCUT2D eigenvalue weighted by Crippen LogP contribution is -2.31. The summed E-state index contributed by atoms with van der Waals surface area (Å²) in [6.45, 7) is 7.52. The van der Waals surface area contributed by atoms with Gasteiger partial charge in [-0.05, 0) is 44.9 Å². The van der Waals surface area contributed by atoms with Gasteiger partial charge in [0.05, 0.1) is 12.1 Å². The second kappa shape index (κ2) is 7.20. The molecule has 0 unspecified atom stereocenters. The number of aromatic amines is 1. The topological polar surface area (TPSA) is 45.3 Å². The molecule has 0 fully saturated rings. The lowest BCUT2D eigenvalue weighted by molar-refractivity contribution is 0.0605. The zero-order chi connectivity index (χ0) is 19.0. The summed E-state index contributed by atoms with van der Waals surface area (Å²) in [4.78, 5) is 18.7. The Balaban J connectivity index is 1.74. The summed E-state index contributed by atoms with van der Waals surface area (Å²) in [5, 5.41) is 1.19. The van der Waals surface area contributed by atoms with Crippen LogP contribution in [-0.2, 0) is 4.74 Å². The minimum atomic E-state index is -0.0519. The number of aryl methyl sites for hydroxylation is 1. The maximum absolute atomic E-state index is 13.2. The zero-order valence-corrected chi connectivity index (χ0v) is 16.2. The van der Waals surface area contributed by atoms with Crippen molar-refractivity contribution in [2.75, 3.05) is 13.2 Å². The van der Waals surface area contributed by atoms with Crippen molar-refractivity contribution in [3.05, 3.63) is 70.9 Å². The highest BCUT2D eigenvalue weighted by atomic mass is 16.5. The molecule has 1 amide bonds. The van der Waals surface area contributed by atoms with Crippen LogP contribution in [0.2, 0.25) is 0 Å². The molecule has 0 saturated heterocycles. The number of nitrogens with one attached hydrogen (secondary N) is 1. The lowest BCUT2D eigenvalue weighted by atomic mass is 9.95.